The molecule has 0 heterocycles. The predicted molar refractivity (Wildman–Crippen MR) is 193 cm³/mol. The van der Waals surface area contributed by atoms with E-state index in [1.54, 1.807) is 0 Å². The van der Waals surface area contributed by atoms with Crippen LogP contribution in [-0.2, 0) is 0 Å². The minimum atomic E-state index is 1.32. The zero-order valence-corrected chi connectivity index (χ0v) is 23.9. The van der Waals surface area contributed by atoms with Crippen LogP contribution in [0.15, 0.2) is 146 Å². The molecular formula is C44H24. The monoisotopic (exact) mass is 552 g/mol. The molecule has 0 aliphatic heterocycles. The maximum Gasteiger partial charge on any atom is -0.00197 e. The molecule has 44 heavy (non-hydrogen) atoms. The van der Waals surface area contributed by atoms with Crippen molar-refractivity contribution >= 4 is 108 Å². The molecule has 0 spiro atoms. The summed E-state index contributed by atoms with van der Waals surface area (Å²) in [7, 11) is 0. The summed E-state index contributed by atoms with van der Waals surface area (Å²) in [5, 5.41) is 26.7. The van der Waals surface area contributed by atoms with E-state index in [2.05, 4.69) is 146 Å². The lowest BCUT2D eigenvalue weighted by Crippen LogP contribution is -1.92. The quantitative estimate of drug-likeness (QED) is 0.130. The van der Waals surface area contributed by atoms with Crippen molar-refractivity contribution in [2.24, 2.45) is 0 Å². The van der Waals surface area contributed by atoms with Crippen LogP contribution in [0.2, 0.25) is 0 Å². The predicted octanol–water partition coefficient (Wildman–Crippen LogP) is 12.7. The summed E-state index contributed by atoms with van der Waals surface area (Å²) < 4.78 is 0. The fourth-order valence-corrected chi connectivity index (χ4v) is 8.63. The van der Waals surface area contributed by atoms with Gasteiger partial charge in [0.05, 0.1) is 0 Å². The molecular weight excluding hydrogens is 528 g/mol. The molecule has 0 aromatic heterocycles. The van der Waals surface area contributed by atoms with Crippen LogP contribution in [0.5, 0.6) is 0 Å². The minimum absolute atomic E-state index is 1.32. The average Bonchev–Trinajstić information content (AvgIpc) is 3.10. The normalized spacial score (nSPS) is 12.5. The van der Waals surface area contributed by atoms with Gasteiger partial charge in [-0.1, -0.05) is 133 Å². The number of hydrogen-bond donors (Lipinski definition) is 0. The van der Waals surface area contributed by atoms with E-state index in [1.165, 1.54) is 108 Å². The molecule has 0 unspecified atom stereocenters. The third-order valence-electron chi connectivity index (χ3n) is 10.3. The van der Waals surface area contributed by atoms with Crippen LogP contribution < -0.4 is 0 Å². The summed E-state index contributed by atoms with van der Waals surface area (Å²) in [6.45, 7) is 0. The molecule has 200 valence electrons. The van der Waals surface area contributed by atoms with Crippen molar-refractivity contribution in [3.8, 4) is 0 Å². The lowest BCUT2D eigenvalue weighted by molar-refractivity contribution is 1.79. The molecule has 0 nitrogen and oxygen atoms in total. The molecule has 0 aliphatic carbocycles. The number of fused-ring (bicyclic) bond motifs is 16. The first kappa shape index (κ1) is 22.8. The Morgan fingerprint density at radius 1 is 0.159 bits per heavy atom. The van der Waals surface area contributed by atoms with Crippen molar-refractivity contribution in [1.29, 1.82) is 0 Å². The van der Waals surface area contributed by atoms with Crippen LogP contribution in [0.25, 0.3) is 108 Å². The van der Waals surface area contributed by atoms with Crippen LogP contribution >= 0.6 is 0 Å². The molecule has 0 heteroatoms. The summed E-state index contributed by atoms with van der Waals surface area (Å²) in [5.74, 6) is 0. The Morgan fingerprint density at radius 2 is 0.364 bits per heavy atom. The van der Waals surface area contributed by atoms with E-state index in [9.17, 15) is 0 Å². The summed E-state index contributed by atoms with van der Waals surface area (Å²) in [5.41, 5.74) is 0. The van der Waals surface area contributed by atoms with E-state index in [1.807, 2.05) is 0 Å². The smallest absolute Gasteiger partial charge is 0.00197 e. The first-order chi connectivity index (χ1) is 21.9. The molecule has 0 radical (unpaired) electrons. The molecule has 0 aliphatic rings. The van der Waals surface area contributed by atoms with Gasteiger partial charge in [0.1, 0.15) is 0 Å². The third-order valence-corrected chi connectivity index (χ3v) is 10.3. The van der Waals surface area contributed by atoms with Crippen LogP contribution in [0.3, 0.4) is 0 Å². The molecule has 11 rings (SSSR count). The lowest BCUT2D eigenvalue weighted by Gasteiger charge is -2.20. The number of hydrogen-bond acceptors (Lipinski definition) is 0. The van der Waals surface area contributed by atoms with Crippen molar-refractivity contribution in [3.63, 3.8) is 0 Å². The summed E-state index contributed by atoms with van der Waals surface area (Å²) >= 11 is 0. The highest BCUT2D eigenvalue weighted by atomic mass is 14.2. The molecule has 11 aromatic rings. The van der Waals surface area contributed by atoms with E-state index in [0.717, 1.165) is 0 Å². The number of benzene rings is 11. The van der Waals surface area contributed by atoms with Crippen LogP contribution in [0.1, 0.15) is 0 Å². The van der Waals surface area contributed by atoms with E-state index in [0.29, 0.717) is 0 Å². The first-order valence-corrected chi connectivity index (χ1v) is 15.5. The van der Waals surface area contributed by atoms with E-state index in [4.69, 9.17) is 0 Å². The zero-order chi connectivity index (χ0) is 28.5. The van der Waals surface area contributed by atoms with Crippen LogP contribution in [0.4, 0.5) is 0 Å². The van der Waals surface area contributed by atoms with Gasteiger partial charge in [0.25, 0.3) is 0 Å². The minimum Gasteiger partial charge on any atom is -0.0616 e. The molecule has 0 atom stereocenters. The fraction of sp³-hybridized carbons (Fsp3) is 0. The summed E-state index contributed by atoms with van der Waals surface area (Å²) in [6.07, 6.45) is 0. The maximum absolute atomic E-state index is 2.50. The van der Waals surface area contributed by atoms with E-state index in [-0.39, 0.29) is 0 Å². The Kier molecular flexibility index (Phi) is 4.15. The van der Waals surface area contributed by atoms with Crippen molar-refractivity contribution in [2.45, 2.75) is 0 Å². The highest BCUT2D eigenvalue weighted by Crippen LogP contribution is 2.49. The van der Waals surface area contributed by atoms with Crippen LogP contribution in [0, 0.1) is 0 Å². The van der Waals surface area contributed by atoms with Crippen LogP contribution in [-0.4, -0.2) is 0 Å². The third kappa shape index (κ3) is 2.66. The molecule has 0 saturated carbocycles. The Hall–Kier alpha value is -5.72. The van der Waals surface area contributed by atoms with Gasteiger partial charge in [0.15, 0.2) is 0 Å². The molecule has 0 bridgehead atoms. The van der Waals surface area contributed by atoms with Crippen molar-refractivity contribution in [3.05, 3.63) is 146 Å². The molecule has 11 aromatic carbocycles. The van der Waals surface area contributed by atoms with Gasteiger partial charge in [-0.05, 0) is 120 Å². The lowest BCUT2D eigenvalue weighted by atomic mass is 9.83. The SMILES string of the molecule is c1ccc2c(c1)c1ccccc1c1c2cc2c3cccc4c5c6ccccc6c6ccccc6c5cc(c5cccc1c52)c34. The second kappa shape index (κ2) is 8.01. The molecule has 0 fully saturated rings. The zero-order valence-electron chi connectivity index (χ0n) is 23.9. The molecule has 0 amide bonds. The Balaban J connectivity index is 1.48. The van der Waals surface area contributed by atoms with Gasteiger partial charge in [-0.15, -0.1) is 0 Å². The highest BCUT2D eigenvalue weighted by molar-refractivity contribution is 6.44. The van der Waals surface area contributed by atoms with Gasteiger partial charge in [-0.2, -0.15) is 0 Å². The Labute approximate surface area is 252 Å². The summed E-state index contributed by atoms with van der Waals surface area (Å²) in [6, 6.07) is 54.7. The largest absolute Gasteiger partial charge is 0.0616 e. The van der Waals surface area contributed by atoms with Gasteiger partial charge in [0.2, 0.25) is 0 Å². The van der Waals surface area contributed by atoms with Gasteiger partial charge >= 0.3 is 0 Å². The second-order valence-corrected chi connectivity index (χ2v) is 12.3. The van der Waals surface area contributed by atoms with Crippen molar-refractivity contribution < 1.29 is 0 Å². The fourth-order valence-electron chi connectivity index (χ4n) is 8.63. The topological polar surface area (TPSA) is 0 Å². The van der Waals surface area contributed by atoms with Gasteiger partial charge in [-0.3, -0.25) is 0 Å². The van der Waals surface area contributed by atoms with E-state index >= 15 is 0 Å². The van der Waals surface area contributed by atoms with Gasteiger partial charge < -0.3 is 0 Å². The standard InChI is InChI=1S/C44H24/c1-3-15-29-25(11-1)27-13-5-7-17-31(27)41-35-21-9-20-34-40-24-38-30-16-4-2-12-26(30)28-14-6-8-18-32(28)42(38)36-22-10-19-33(44(36)40)39(43(34)35)23-37(29)41/h1-24H. The van der Waals surface area contributed by atoms with Crippen molar-refractivity contribution in [1.82, 2.24) is 0 Å². The summed E-state index contributed by atoms with van der Waals surface area (Å²) in [4.78, 5) is 0. The van der Waals surface area contributed by atoms with E-state index < -0.39 is 0 Å². The average molecular weight is 553 g/mol. The van der Waals surface area contributed by atoms with Gasteiger partial charge in [-0.25, -0.2) is 0 Å². The Bertz CT molecular complexity index is 2820. The first-order valence-electron chi connectivity index (χ1n) is 15.5. The molecule has 0 N–H and O–H groups in total. The molecule has 0 saturated heterocycles. The highest BCUT2D eigenvalue weighted by Gasteiger charge is 2.20. The maximum atomic E-state index is 2.50. The second-order valence-electron chi connectivity index (χ2n) is 12.3. The van der Waals surface area contributed by atoms with Crippen molar-refractivity contribution in [2.75, 3.05) is 0 Å². The van der Waals surface area contributed by atoms with Gasteiger partial charge in [0, 0.05) is 0 Å². The number of rotatable bonds is 0. The Morgan fingerprint density at radius 3 is 0.727 bits per heavy atom.